The van der Waals surface area contributed by atoms with Crippen LogP contribution in [0.1, 0.15) is 26.7 Å². The largest absolute Gasteiger partial charge is 0.156 e. The first kappa shape index (κ1) is 5.49. The third kappa shape index (κ3) is 1.37. The highest BCUT2D eigenvalue weighted by Crippen LogP contribution is 2.32. The smallest absolute Gasteiger partial charge is 0.00217 e. The van der Waals surface area contributed by atoms with E-state index >= 15 is 0 Å². The summed E-state index contributed by atoms with van der Waals surface area (Å²) in [4.78, 5) is 0. The molecule has 1 rings (SSSR count). The zero-order valence-electron chi connectivity index (χ0n) is 4.98. The van der Waals surface area contributed by atoms with Crippen molar-refractivity contribution in [3.05, 3.63) is 0 Å². The van der Waals surface area contributed by atoms with E-state index in [9.17, 15) is 0 Å². The van der Waals surface area contributed by atoms with Crippen LogP contribution in [-0.2, 0) is 0 Å². The van der Waals surface area contributed by atoms with Gasteiger partial charge in [-0.15, -0.1) is 0 Å². The van der Waals surface area contributed by atoms with E-state index in [1.165, 1.54) is 12.8 Å². The van der Waals surface area contributed by atoms with E-state index in [1.807, 2.05) is 0 Å². The molecule has 0 amide bonds. The van der Waals surface area contributed by atoms with Crippen LogP contribution >= 0.6 is 11.8 Å². The first-order chi connectivity index (χ1) is 3.29. The molecule has 0 nitrogen and oxygen atoms in total. The molecule has 42 valence electrons. The topological polar surface area (TPSA) is 0 Å². The molecule has 7 heavy (non-hydrogen) atoms. The molecule has 1 aliphatic heterocycles. The van der Waals surface area contributed by atoms with E-state index < -0.39 is 0 Å². The molecule has 0 aliphatic carbocycles. The average molecular weight is 116 g/mol. The van der Waals surface area contributed by atoms with Crippen LogP contribution in [0.4, 0.5) is 0 Å². The quantitative estimate of drug-likeness (QED) is 0.468. The summed E-state index contributed by atoms with van der Waals surface area (Å²) in [6.07, 6.45) is 2.87. The standard InChI is InChI=1S/C6H12S/c1-5-3-4-6(2)7-5/h5-6H,3-4H2,1-2H3/t5-,6-/m1/s1. The fourth-order valence-corrected chi connectivity index (χ4v) is 2.34. The summed E-state index contributed by atoms with van der Waals surface area (Å²) in [7, 11) is 0. The SMILES string of the molecule is C[C@@H]1CC[C@@H](C)S1. The zero-order valence-corrected chi connectivity index (χ0v) is 5.79. The van der Waals surface area contributed by atoms with Crippen molar-refractivity contribution in [1.82, 2.24) is 0 Å². The lowest BCUT2D eigenvalue weighted by Crippen LogP contribution is -1.84. The van der Waals surface area contributed by atoms with Crippen molar-refractivity contribution in [2.75, 3.05) is 0 Å². The Balaban J connectivity index is 2.26. The molecule has 1 saturated heterocycles. The van der Waals surface area contributed by atoms with Gasteiger partial charge >= 0.3 is 0 Å². The molecule has 0 saturated carbocycles. The maximum Gasteiger partial charge on any atom is 0.00217 e. The summed E-state index contributed by atoms with van der Waals surface area (Å²) in [6, 6.07) is 0. The van der Waals surface area contributed by atoms with Crippen LogP contribution in [0.15, 0.2) is 0 Å². The van der Waals surface area contributed by atoms with Crippen molar-refractivity contribution in [3.8, 4) is 0 Å². The highest BCUT2D eigenvalue weighted by Gasteiger charge is 2.16. The molecule has 1 aliphatic rings. The van der Waals surface area contributed by atoms with Crippen LogP contribution in [0.3, 0.4) is 0 Å². The molecule has 0 radical (unpaired) electrons. The lowest BCUT2D eigenvalue weighted by atomic mass is 10.2. The maximum atomic E-state index is 2.31. The lowest BCUT2D eigenvalue weighted by Gasteiger charge is -1.97. The molecule has 1 heteroatoms. The van der Waals surface area contributed by atoms with Gasteiger partial charge in [-0.25, -0.2) is 0 Å². The van der Waals surface area contributed by atoms with Gasteiger partial charge in [0, 0.05) is 10.5 Å². The molecule has 0 aromatic rings. The van der Waals surface area contributed by atoms with Gasteiger partial charge in [-0.3, -0.25) is 0 Å². The van der Waals surface area contributed by atoms with Crippen molar-refractivity contribution >= 4 is 11.8 Å². The third-order valence-electron chi connectivity index (χ3n) is 1.44. The van der Waals surface area contributed by atoms with Gasteiger partial charge in [0.1, 0.15) is 0 Å². The summed E-state index contributed by atoms with van der Waals surface area (Å²) in [5.74, 6) is 0. The fraction of sp³-hybridized carbons (Fsp3) is 1.00. The third-order valence-corrected chi connectivity index (χ3v) is 2.84. The van der Waals surface area contributed by atoms with Gasteiger partial charge in [-0.2, -0.15) is 11.8 Å². The van der Waals surface area contributed by atoms with Crippen LogP contribution < -0.4 is 0 Å². The van der Waals surface area contributed by atoms with E-state index in [4.69, 9.17) is 0 Å². The number of rotatable bonds is 0. The Morgan fingerprint density at radius 2 is 1.57 bits per heavy atom. The molecule has 0 aromatic carbocycles. The lowest BCUT2D eigenvalue weighted by molar-refractivity contribution is 0.777. The van der Waals surface area contributed by atoms with Crippen molar-refractivity contribution in [2.24, 2.45) is 0 Å². The second kappa shape index (κ2) is 2.08. The van der Waals surface area contributed by atoms with Crippen molar-refractivity contribution in [3.63, 3.8) is 0 Å². The molecule has 0 aromatic heterocycles. The van der Waals surface area contributed by atoms with E-state index in [-0.39, 0.29) is 0 Å². The zero-order chi connectivity index (χ0) is 5.28. The minimum absolute atomic E-state index is 0.940. The second-order valence-electron chi connectivity index (χ2n) is 2.33. The van der Waals surface area contributed by atoms with Crippen molar-refractivity contribution in [2.45, 2.75) is 37.2 Å². The van der Waals surface area contributed by atoms with Crippen LogP contribution in [-0.4, -0.2) is 10.5 Å². The van der Waals surface area contributed by atoms with Crippen molar-refractivity contribution in [1.29, 1.82) is 0 Å². The molecule has 0 unspecified atom stereocenters. The molecular formula is C6H12S. The number of hydrogen-bond donors (Lipinski definition) is 0. The van der Waals surface area contributed by atoms with Crippen molar-refractivity contribution < 1.29 is 0 Å². The van der Waals surface area contributed by atoms with Gasteiger partial charge in [-0.1, -0.05) is 13.8 Å². The van der Waals surface area contributed by atoms with Gasteiger partial charge in [0.2, 0.25) is 0 Å². The molecule has 1 heterocycles. The Labute approximate surface area is 49.7 Å². The molecule has 0 bridgehead atoms. The Morgan fingerprint density at radius 1 is 1.14 bits per heavy atom. The first-order valence-corrected chi connectivity index (χ1v) is 3.89. The predicted molar refractivity (Wildman–Crippen MR) is 35.7 cm³/mol. The summed E-state index contributed by atoms with van der Waals surface area (Å²) in [5, 5.41) is 1.88. The van der Waals surface area contributed by atoms with Crippen LogP contribution in [0, 0.1) is 0 Å². The van der Waals surface area contributed by atoms with E-state index in [0.717, 1.165) is 10.5 Å². The van der Waals surface area contributed by atoms with Gasteiger partial charge < -0.3 is 0 Å². The Bertz CT molecular complexity index is 53.2. The highest BCUT2D eigenvalue weighted by molar-refractivity contribution is 8.00. The van der Waals surface area contributed by atoms with Crippen LogP contribution in [0.25, 0.3) is 0 Å². The molecule has 1 fully saturated rings. The maximum absolute atomic E-state index is 2.31. The number of thioether (sulfide) groups is 1. The summed E-state index contributed by atoms with van der Waals surface area (Å²) in [5.41, 5.74) is 0. The van der Waals surface area contributed by atoms with Crippen LogP contribution in [0.5, 0.6) is 0 Å². The van der Waals surface area contributed by atoms with Crippen LogP contribution in [0.2, 0.25) is 0 Å². The number of hydrogen-bond acceptors (Lipinski definition) is 1. The molecular weight excluding hydrogens is 104 g/mol. The summed E-state index contributed by atoms with van der Waals surface area (Å²) < 4.78 is 0. The van der Waals surface area contributed by atoms with E-state index in [1.54, 1.807) is 0 Å². The monoisotopic (exact) mass is 116 g/mol. The average Bonchev–Trinajstić information content (AvgIpc) is 1.87. The molecule has 0 N–H and O–H groups in total. The molecule has 2 atom stereocenters. The van der Waals surface area contributed by atoms with Gasteiger partial charge in [0.25, 0.3) is 0 Å². The Kier molecular flexibility index (Phi) is 1.63. The van der Waals surface area contributed by atoms with E-state index in [2.05, 4.69) is 25.6 Å². The fourth-order valence-electron chi connectivity index (χ4n) is 1.00. The first-order valence-electron chi connectivity index (χ1n) is 2.94. The predicted octanol–water partition coefficient (Wildman–Crippen LogP) is 2.29. The Hall–Kier alpha value is 0.350. The highest BCUT2D eigenvalue weighted by atomic mass is 32.2. The Morgan fingerprint density at radius 3 is 1.71 bits per heavy atom. The second-order valence-corrected chi connectivity index (χ2v) is 4.22. The van der Waals surface area contributed by atoms with E-state index in [0.29, 0.717) is 0 Å². The minimum atomic E-state index is 0.940. The van der Waals surface area contributed by atoms with Gasteiger partial charge in [-0.05, 0) is 12.8 Å². The minimum Gasteiger partial charge on any atom is -0.156 e. The van der Waals surface area contributed by atoms with Gasteiger partial charge in [0.05, 0.1) is 0 Å². The normalized spacial score (nSPS) is 42.0. The summed E-state index contributed by atoms with van der Waals surface area (Å²) in [6.45, 7) is 4.63. The van der Waals surface area contributed by atoms with Gasteiger partial charge in [0.15, 0.2) is 0 Å². The molecule has 0 spiro atoms. The summed E-state index contributed by atoms with van der Waals surface area (Å²) >= 11 is 2.12.